The van der Waals surface area contributed by atoms with E-state index in [1.165, 1.54) is 6.20 Å². The standard InChI is InChI=1S/C9H7ClN2O2S/c1-6-7(3-2-4-15)5-11-9(10)8(6)12(13)14/h5,15H,4H2,1H3. The summed E-state index contributed by atoms with van der Waals surface area (Å²) in [7, 11) is 0. The van der Waals surface area contributed by atoms with Gasteiger partial charge in [-0.05, 0) is 6.92 Å². The number of aromatic nitrogens is 1. The second-order valence-electron chi connectivity index (χ2n) is 2.65. The van der Waals surface area contributed by atoms with Crippen LogP contribution in [-0.2, 0) is 0 Å². The quantitative estimate of drug-likeness (QED) is 0.270. The summed E-state index contributed by atoms with van der Waals surface area (Å²) < 4.78 is 0. The highest BCUT2D eigenvalue weighted by Gasteiger charge is 2.19. The van der Waals surface area contributed by atoms with Gasteiger partial charge in [0.15, 0.2) is 0 Å². The minimum absolute atomic E-state index is 0.117. The molecule has 0 fully saturated rings. The molecule has 0 unspecified atom stereocenters. The molecule has 0 radical (unpaired) electrons. The second kappa shape index (κ2) is 5.01. The van der Waals surface area contributed by atoms with Crippen LogP contribution < -0.4 is 0 Å². The fourth-order valence-corrected chi connectivity index (χ4v) is 1.37. The molecule has 0 spiro atoms. The van der Waals surface area contributed by atoms with Gasteiger partial charge in [-0.15, -0.1) is 0 Å². The van der Waals surface area contributed by atoms with Crippen molar-refractivity contribution in [1.29, 1.82) is 0 Å². The molecule has 1 heterocycles. The maximum absolute atomic E-state index is 10.7. The van der Waals surface area contributed by atoms with Gasteiger partial charge in [-0.2, -0.15) is 12.6 Å². The lowest BCUT2D eigenvalue weighted by atomic mass is 10.1. The molecule has 0 saturated heterocycles. The molecule has 4 nitrogen and oxygen atoms in total. The van der Waals surface area contributed by atoms with Gasteiger partial charge < -0.3 is 0 Å². The maximum atomic E-state index is 10.7. The van der Waals surface area contributed by atoms with Gasteiger partial charge >= 0.3 is 5.69 Å². The Morgan fingerprint density at radius 2 is 2.40 bits per heavy atom. The number of nitro groups is 1. The molecule has 0 N–H and O–H groups in total. The van der Waals surface area contributed by atoms with Crippen LogP contribution in [-0.4, -0.2) is 15.7 Å². The molecule has 0 bridgehead atoms. The highest BCUT2D eigenvalue weighted by molar-refractivity contribution is 7.80. The van der Waals surface area contributed by atoms with Crippen molar-refractivity contribution in [3.05, 3.63) is 32.6 Å². The first-order valence-corrected chi connectivity index (χ1v) is 4.98. The zero-order chi connectivity index (χ0) is 11.4. The summed E-state index contributed by atoms with van der Waals surface area (Å²) in [5.41, 5.74) is 0.733. The van der Waals surface area contributed by atoms with E-state index in [0.29, 0.717) is 16.9 Å². The SMILES string of the molecule is Cc1c(C#CCS)cnc(Cl)c1[N+](=O)[O-]. The summed E-state index contributed by atoms with van der Waals surface area (Å²) in [4.78, 5) is 13.8. The normalized spacial score (nSPS) is 9.27. The first-order chi connectivity index (χ1) is 7.07. The number of nitrogens with zero attached hydrogens (tertiary/aromatic N) is 2. The van der Waals surface area contributed by atoms with Gasteiger partial charge in [0.1, 0.15) is 0 Å². The van der Waals surface area contributed by atoms with Crippen molar-refractivity contribution in [1.82, 2.24) is 4.98 Å². The molecular formula is C9H7ClN2O2S. The van der Waals surface area contributed by atoms with Gasteiger partial charge in [-0.25, -0.2) is 4.98 Å². The van der Waals surface area contributed by atoms with Crippen LogP contribution >= 0.6 is 24.2 Å². The van der Waals surface area contributed by atoms with Crippen LogP contribution in [0.4, 0.5) is 5.69 Å². The molecule has 0 aromatic carbocycles. The zero-order valence-electron chi connectivity index (χ0n) is 7.82. The Balaban J connectivity index is 3.35. The average molecular weight is 243 g/mol. The molecule has 78 valence electrons. The van der Waals surface area contributed by atoms with Crippen molar-refractivity contribution in [2.75, 3.05) is 5.75 Å². The second-order valence-corrected chi connectivity index (χ2v) is 3.33. The Morgan fingerprint density at radius 1 is 1.73 bits per heavy atom. The van der Waals surface area contributed by atoms with Gasteiger partial charge in [0.2, 0.25) is 5.15 Å². The number of rotatable bonds is 1. The van der Waals surface area contributed by atoms with E-state index in [2.05, 4.69) is 29.5 Å². The molecule has 0 amide bonds. The molecule has 1 aromatic heterocycles. The van der Waals surface area contributed by atoms with E-state index in [-0.39, 0.29) is 10.8 Å². The first kappa shape index (κ1) is 11.8. The van der Waals surface area contributed by atoms with Crippen LogP contribution in [0.5, 0.6) is 0 Å². The highest BCUT2D eigenvalue weighted by atomic mass is 35.5. The molecule has 6 heteroatoms. The Morgan fingerprint density at radius 3 is 2.93 bits per heavy atom. The Kier molecular flexibility index (Phi) is 3.95. The average Bonchev–Trinajstić information content (AvgIpc) is 2.16. The molecule has 1 aromatic rings. The topological polar surface area (TPSA) is 56.0 Å². The minimum Gasteiger partial charge on any atom is -0.258 e. The van der Waals surface area contributed by atoms with Crippen molar-refractivity contribution < 1.29 is 4.92 Å². The molecule has 15 heavy (non-hydrogen) atoms. The molecule has 0 saturated carbocycles. The summed E-state index contributed by atoms with van der Waals surface area (Å²) in [5.74, 6) is 5.82. The Hall–Kier alpha value is -1.25. The number of pyridine rings is 1. The van der Waals surface area contributed by atoms with E-state index < -0.39 is 4.92 Å². The van der Waals surface area contributed by atoms with Gasteiger partial charge in [-0.1, -0.05) is 23.4 Å². The third-order valence-corrected chi connectivity index (χ3v) is 2.18. The van der Waals surface area contributed by atoms with Gasteiger partial charge in [-0.3, -0.25) is 10.1 Å². The Bertz CT molecular complexity index is 465. The van der Waals surface area contributed by atoms with Crippen molar-refractivity contribution in [3.8, 4) is 11.8 Å². The van der Waals surface area contributed by atoms with E-state index in [1.54, 1.807) is 6.92 Å². The number of hydrogen-bond acceptors (Lipinski definition) is 4. The fourth-order valence-electron chi connectivity index (χ4n) is 1.03. The molecule has 0 aliphatic rings. The van der Waals surface area contributed by atoms with Crippen LogP contribution in [0.1, 0.15) is 11.1 Å². The van der Waals surface area contributed by atoms with Crippen molar-refractivity contribution in [2.45, 2.75) is 6.92 Å². The predicted molar refractivity (Wildman–Crippen MR) is 61.4 cm³/mol. The smallest absolute Gasteiger partial charge is 0.258 e. The van der Waals surface area contributed by atoms with E-state index in [9.17, 15) is 10.1 Å². The summed E-state index contributed by atoms with van der Waals surface area (Å²) >= 11 is 9.53. The van der Waals surface area contributed by atoms with Gasteiger partial charge in [0.05, 0.1) is 16.2 Å². The maximum Gasteiger partial charge on any atom is 0.310 e. The van der Waals surface area contributed by atoms with E-state index in [0.717, 1.165) is 0 Å². The number of halogens is 1. The van der Waals surface area contributed by atoms with Crippen molar-refractivity contribution >= 4 is 29.9 Å². The summed E-state index contributed by atoms with van der Waals surface area (Å²) in [6.07, 6.45) is 1.42. The number of thiol groups is 1. The van der Waals surface area contributed by atoms with Crippen LogP contribution in [0.15, 0.2) is 6.20 Å². The predicted octanol–water partition coefficient (Wildman–Crippen LogP) is 2.23. The lowest BCUT2D eigenvalue weighted by molar-refractivity contribution is -0.385. The third-order valence-electron chi connectivity index (χ3n) is 1.75. The van der Waals surface area contributed by atoms with Crippen molar-refractivity contribution in [3.63, 3.8) is 0 Å². The zero-order valence-corrected chi connectivity index (χ0v) is 9.47. The molecule has 0 atom stereocenters. The van der Waals surface area contributed by atoms with Crippen LogP contribution in [0.25, 0.3) is 0 Å². The van der Waals surface area contributed by atoms with Crippen LogP contribution in [0.2, 0.25) is 5.15 Å². The Labute approximate surface area is 97.2 Å². The summed E-state index contributed by atoms with van der Waals surface area (Å²) in [5, 5.41) is 10.6. The fraction of sp³-hybridized carbons (Fsp3) is 0.222. The summed E-state index contributed by atoms with van der Waals surface area (Å²) in [6.45, 7) is 1.59. The lowest BCUT2D eigenvalue weighted by Crippen LogP contribution is -1.97. The minimum atomic E-state index is -0.559. The van der Waals surface area contributed by atoms with E-state index in [1.807, 2.05) is 0 Å². The third kappa shape index (κ3) is 2.61. The van der Waals surface area contributed by atoms with Gasteiger partial charge in [0.25, 0.3) is 0 Å². The monoisotopic (exact) mass is 242 g/mol. The molecule has 0 aliphatic carbocycles. The summed E-state index contributed by atoms with van der Waals surface area (Å²) in [6, 6.07) is 0. The van der Waals surface area contributed by atoms with Crippen molar-refractivity contribution in [2.24, 2.45) is 0 Å². The highest BCUT2D eigenvalue weighted by Crippen LogP contribution is 2.27. The van der Waals surface area contributed by atoms with E-state index in [4.69, 9.17) is 11.6 Å². The van der Waals surface area contributed by atoms with E-state index >= 15 is 0 Å². The molecule has 1 rings (SSSR count). The molecule has 0 aliphatic heterocycles. The first-order valence-electron chi connectivity index (χ1n) is 3.97. The van der Waals surface area contributed by atoms with Crippen LogP contribution in [0.3, 0.4) is 0 Å². The number of hydrogen-bond donors (Lipinski definition) is 1. The van der Waals surface area contributed by atoms with Crippen LogP contribution in [0, 0.1) is 28.9 Å². The lowest BCUT2D eigenvalue weighted by Gasteiger charge is -2.00. The van der Waals surface area contributed by atoms with Gasteiger partial charge in [0, 0.05) is 11.8 Å². The largest absolute Gasteiger partial charge is 0.310 e. The molecular weight excluding hydrogens is 236 g/mol.